The molecule has 1 aliphatic heterocycles. The van der Waals surface area contributed by atoms with Crippen LogP contribution in [0.1, 0.15) is 25.7 Å². The van der Waals surface area contributed by atoms with Crippen LogP contribution < -0.4 is 0 Å². The summed E-state index contributed by atoms with van der Waals surface area (Å²) in [6.45, 7) is 0.700. The van der Waals surface area contributed by atoms with Crippen LogP contribution in [-0.2, 0) is 9.59 Å². The highest BCUT2D eigenvalue weighted by atomic mass is 16.2. The smallest absolute Gasteiger partial charge is 0.312 e. The highest BCUT2D eigenvalue weighted by molar-refractivity contribution is 6.35. The Morgan fingerprint density at radius 3 is 2.27 bits per heavy atom. The number of piperazine rings is 1. The predicted molar refractivity (Wildman–Crippen MR) is 56.2 cm³/mol. The average molecular weight is 210 g/mol. The molecule has 1 saturated heterocycles. The highest BCUT2D eigenvalue weighted by Gasteiger charge is 2.39. The molecule has 0 aromatic heterocycles. The fourth-order valence-electron chi connectivity index (χ4n) is 2.76. The SMILES string of the molecule is CN1CC(C2CCCC2)N(C)C(=O)C1=O. The van der Waals surface area contributed by atoms with Crippen molar-refractivity contribution in [1.82, 2.24) is 9.80 Å². The van der Waals surface area contributed by atoms with E-state index in [0.717, 1.165) is 0 Å². The van der Waals surface area contributed by atoms with Crippen LogP contribution in [0.4, 0.5) is 0 Å². The maximum absolute atomic E-state index is 11.6. The third-order valence-electron chi connectivity index (χ3n) is 3.75. The van der Waals surface area contributed by atoms with Crippen molar-refractivity contribution in [3.05, 3.63) is 0 Å². The monoisotopic (exact) mass is 210 g/mol. The van der Waals surface area contributed by atoms with Crippen LogP contribution in [-0.4, -0.2) is 48.3 Å². The van der Waals surface area contributed by atoms with Crippen molar-refractivity contribution < 1.29 is 9.59 Å². The van der Waals surface area contributed by atoms with Crippen molar-refractivity contribution in [1.29, 1.82) is 0 Å². The normalized spacial score (nSPS) is 29.1. The summed E-state index contributed by atoms with van der Waals surface area (Å²) in [6.07, 6.45) is 4.93. The molecule has 1 unspecified atom stereocenters. The fraction of sp³-hybridized carbons (Fsp3) is 0.818. The number of rotatable bonds is 1. The first-order valence-corrected chi connectivity index (χ1v) is 5.63. The van der Waals surface area contributed by atoms with E-state index < -0.39 is 0 Å². The minimum atomic E-state index is -0.369. The van der Waals surface area contributed by atoms with Gasteiger partial charge in [-0.15, -0.1) is 0 Å². The molecule has 0 N–H and O–H groups in total. The van der Waals surface area contributed by atoms with Crippen LogP contribution in [0.25, 0.3) is 0 Å². The van der Waals surface area contributed by atoms with Crippen molar-refractivity contribution in [2.75, 3.05) is 20.6 Å². The molecule has 2 rings (SSSR count). The van der Waals surface area contributed by atoms with Crippen LogP contribution in [0.5, 0.6) is 0 Å². The molecule has 0 aromatic rings. The number of nitrogens with zero attached hydrogens (tertiary/aromatic N) is 2. The lowest BCUT2D eigenvalue weighted by atomic mass is 9.94. The van der Waals surface area contributed by atoms with Gasteiger partial charge in [0.1, 0.15) is 0 Å². The third-order valence-corrected chi connectivity index (χ3v) is 3.75. The van der Waals surface area contributed by atoms with Crippen LogP contribution in [0, 0.1) is 5.92 Å². The van der Waals surface area contributed by atoms with Crippen molar-refractivity contribution in [3.63, 3.8) is 0 Å². The zero-order valence-electron chi connectivity index (χ0n) is 9.40. The number of hydrogen-bond donors (Lipinski definition) is 0. The van der Waals surface area contributed by atoms with Crippen LogP contribution in [0.2, 0.25) is 0 Å². The number of carbonyl (C=O) groups excluding carboxylic acids is 2. The van der Waals surface area contributed by atoms with Gasteiger partial charge < -0.3 is 9.80 Å². The molecule has 15 heavy (non-hydrogen) atoms. The maximum atomic E-state index is 11.6. The van der Waals surface area contributed by atoms with Gasteiger partial charge in [0.05, 0.1) is 6.04 Å². The molecule has 1 heterocycles. The molecular formula is C11H18N2O2. The zero-order chi connectivity index (χ0) is 11.0. The lowest BCUT2D eigenvalue weighted by Gasteiger charge is -2.39. The second kappa shape index (κ2) is 3.83. The first-order chi connectivity index (χ1) is 7.11. The van der Waals surface area contributed by atoms with Gasteiger partial charge in [-0.25, -0.2) is 0 Å². The Morgan fingerprint density at radius 2 is 1.67 bits per heavy atom. The first-order valence-electron chi connectivity index (χ1n) is 5.63. The topological polar surface area (TPSA) is 40.6 Å². The van der Waals surface area contributed by atoms with E-state index in [-0.39, 0.29) is 17.9 Å². The van der Waals surface area contributed by atoms with Gasteiger partial charge in [0.25, 0.3) is 0 Å². The van der Waals surface area contributed by atoms with Crippen LogP contribution >= 0.6 is 0 Å². The first kappa shape index (κ1) is 10.5. The molecule has 0 bridgehead atoms. The lowest BCUT2D eigenvalue weighted by Crippen LogP contribution is -2.58. The van der Waals surface area contributed by atoms with Gasteiger partial charge in [-0.1, -0.05) is 12.8 Å². The molecule has 0 spiro atoms. The Kier molecular flexibility index (Phi) is 2.67. The lowest BCUT2D eigenvalue weighted by molar-refractivity contribution is -0.157. The molecular weight excluding hydrogens is 192 g/mol. The van der Waals surface area contributed by atoms with E-state index >= 15 is 0 Å². The average Bonchev–Trinajstić information content (AvgIpc) is 2.73. The maximum Gasteiger partial charge on any atom is 0.312 e. The fourth-order valence-corrected chi connectivity index (χ4v) is 2.76. The van der Waals surface area contributed by atoms with E-state index in [1.807, 2.05) is 0 Å². The minimum Gasteiger partial charge on any atom is -0.335 e. The van der Waals surface area contributed by atoms with E-state index in [9.17, 15) is 9.59 Å². The predicted octanol–water partition coefficient (Wildman–Crippen LogP) is 0.476. The summed E-state index contributed by atoms with van der Waals surface area (Å²) in [4.78, 5) is 26.3. The second-order valence-corrected chi connectivity index (χ2v) is 4.71. The molecule has 4 heteroatoms. The Morgan fingerprint density at radius 1 is 1.07 bits per heavy atom. The zero-order valence-corrected chi connectivity index (χ0v) is 9.40. The second-order valence-electron chi connectivity index (χ2n) is 4.71. The summed E-state index contributed by atoms with van der Waals surface area (Å²) in [5.74, 6) is -0.123. The molecule has 4 nitrogen and oxygen atoms in total. The quantitative estimate of drug-likeness (QED) is 0.590. The molecule has 0 radical (unpaired) electrons. The number of hydrogen-bond acceptors (Lipinski definition) is 2. The Balaban J connectivity index is 2.11. The van der Waals surface area contributed by atoms with Crippen molar-refractivity contribution in [2.24, 2.45) is 5.92 Å². The van der Waals surface area contributed by atoms with Crippen LogP contribution in [0.3, 0.4) is 0 Å². The Bertz CT molecular complexity index is 284. The number of amides is 2. The van der Waals surface area contributed by atoms with Crippen LogP contribution in [0.15, 0.2) is 0 Å². The van der Waals surface area contributed by atoms with Gasteiger partial charge >= 0.3 is 11.8 Å². The molecule has 0 aromatic carbocycles. The summed E-state index contributed by atoms with van der Waals surface area (Å²) in [6, 6.07) is 0.239. The van der Waals surface area contributed by atoms with Gasteiger partial charge in [-0.3, -0.25) is 9.59 Å². The molecule has 2 fully saturated rings. The standard InChI is InChI=1S/C11H18N2O2/c1-12-7-9(8-5-3-4-6-8)13(2)11(15)10(12)14/h8-9H,3-7H2,1-2H3. The van der Waals surface area contributed by atoms with Gasteiger partial charge in [0.15, 0.2) is 0 Å². The summed E-state index contributed by atoms with van der Waals surface area (Å²) in [5, 5.41) is 0. The van der Waals surface area contributed by atoms with E-state index in [2.05, 4.69) is 0 Å². The largest absolute Gasteiger partial charge is 0.335 e. The molecule has 2 amide bonds. The summed E-state index contributed by atoms with van der Waals surface area (Å²) < 4.78 is 0. The summed E-state index contributed by atoms with van der Waals surface area (Å²) in [5.41, 5.74) is 0. The molecule has 1 aliphatic carbocycles. The van der Waals surface area contributed by atoms with Gasteiger partial charge in [-0.05, 0) is 18.8 Å². The molecule has 1 saturated carbocycles. The highest BCUT2D eigenvalue weighted by Crippen LogP contribution is 2.31. The van der Waals surface area contributed by atoms with E-state index in [0.29, 0.717) is 12.5 Å². The van der Waals surface area contributed by atoms with Gasteiger partial charge in [0.2, 0.25) is 0 Å². The number of likely N-dealkylation sites (N-methyl/N-ethyl adjacent to an activating group) is 2. The van der Waals surface area contributed by atoms with Crippen molar-refractivity contribution in [2.45, 2.75) is 31.7 Å². The summed E-state index contributed by atoms with van der Waals surface area (Å²) in [7, 11) is 3.48. The van der Waals surface area contributed by atoms with Gasteiger partial charge in [-0.2, -0.15) is 0 Å². The Hall–Kier alpha value is -1.06. The third kappa shape index (κ3) is 1.73. The van der Waals surface area contributed by atoms with Crippen molar-refractivity contribution >= 4 is 11.8 Å². The summed E-state index contributed by atoms with van der Waals surface area (Å²) >= 11 is 0. The van der Waals surface area contributed by atoms with Gasteiger partial charge in [0, 0.05) is 20.6 Å². The molecule has 84 valence electrons. The van der Waals surface area contributed by atoms with E-state index in [4.69, 9.17) is 0 Å². The molecule has 1 atom stereocenters. The van der Waals surface area contributed by atoms with Crippen molar-refractivity contribution in [3.8, 4) is 0 Å². The van der Waals surface area contributed by atoms with E-state index in [1.165, 1.54) is 25.7 Å². The minimum absolute atomic E-state index is 0.239. The molecule has 2 aliphatic rings. The number of carbonyl (C=O) groups is 2. The van der Waals surface area contributed by atoms with E-state index in [1.54, 1.807) is 23.9 Å². The Labute approximate surface area is 90.2 Å².